The summed E-state index contributed by atoms with van der Waals surface area (Å²) in [6, 6.07) is 22.5. The molecule has 2 aromatic carbocycles. The van der Waals surface area contributed by atoms with Gasteiger partial charge in [0, 0.05) is 17.4 Å². The van der Waals surface area contributed by atoms with Gasteiger partial charge in [0.2, 0.25) is 0 Å². The average Bonchev–Trinajstić information content (AvgIpc) is 2.65. The molecule has 0 fully saturated rings. The molecule has 1 heterocycles. The van der Waals surface area contributed by atoms with Crippen molar-refractivity contribution in [3.05, 3.63) is 84.1 Å². The summed E-state index contributed by atoms with van der Waals surface area (Å²) in [6.07, 6.45) is 4.79. The lowest BCUT2D eigenvalue weighted by molar-refractivity contribution is -0.137. The number of carboxylic acid groups (broad SMARTS) is 1. The summed E-state index contributed by atoms with van der Waals surface area (Å²) in [7, 11) is 0. The smallest absolute Gasteiger partial charge is 0.303 e. The number of para-hydroxylation sites is 1. The highest BCUT2D eigenvalue weighted by atomic mass is 16.4. The first kappa shape index (κ1) is 16.9. The molecule has 0 unspecified atom stereocenters. The standard InChI is InChI=1S/C22H21NO2/c24-22(25)14-6-2-5-12-19(17-9-3-1-4-10-17)21-16-15-18-11-7-8-13-20(18)23-21/h1,3-4,7-13,15-16H,2,5-6,14H2,(H,24,25)/b19-12-. The van der Waals surface area contributed by atoms with E-state index in [1.807, 2.05) is 36.4 Å². The van der Waals surface area contributed by atoms with Crippen molar-refractivity contribution in [3.8, 4) is 0 Å². The monoisotopic (exact) mass is 331 g/mol. The number of benzene rings is 2. The Kier molecular flexibility index (Phi) is 5.57. The van der Waals surface area contributed by atoms with Crippen molar-refractivity contribution >= 4 is 22.4 Å². The lowest BCUT2D eigenvalue weighted by atomic mass is 9.99. The molecule has 0 aliphatic rings. The minimum absolute atomic E-state index is 0.225. The molecule has 0 saturated carbocycles. The topological polar surface area (TPSA) is 50.2 Å². The van der Waals surface area contributed by atoms with E-state index in [9.17, 15) is 4.79 Å². The molecule has 1 aromatic heterocycles. The fourth-order valence-corrected chi connectivity index (χ4v) is 2.87. The minimum atomic E-state index is -0.733. The third-order valence-corrected chi connectivity index (χ3v) is 4.15. The first-order chi connectivity index (χ1) is 12.2. The molecule has 3 aromatic rings. The number of unbranched alkanes of at least 4 members (excludes halogenated alkanes) is 2. The number of carbonyl (C=O) groups is 1. The van der Waals surface area contributed by atoms with Crippen LogP contribution in [0.2, 0.25) is 0 Å². The number of pyridine rings is 1. The quantitative estimate of drug-likeness (QED) is 0.597. The second kappa shape index (κ2) is 8.25. The van der Waals surface area contributed by atoms with Crippen LogP contribution < -0.4 is 0 Å². The van der Waals surface area contributed by atoms with E-state index in [4.69, 9.17) is 10.1 Å². The van der Waals surface area contributed by atoms with Gasteiger partial charge in [-0.05, 0) is 37.0 Å². The number of carboxylic acids is 1. The third-order valence-electron chi connectivity index (χ3n) is 4.15. The summed E-state index contributed by atoms with van der Waals surface area (Å²) in [6.45, 7) is 0. The maximum absolute atomic E-state index is 10.6. The van der Waals surface area contributed by atoms with Crippen molar-refractivity contribution in [2.45, 2.75) is 25.7 Å². The number of rotatable bonds is 7. The van der Waals surface area contributed by atoms with E-state index in [1.165, 1.54) is 0 Å². The third kappa shape index (κ3) is 4.54. The summed E-state index contributed by atoms with van der Waals surface area (Å²) in [5, 5.41) is 9.88. The van der Waals surface area contributed by atoms with Gasteiger partial charge in [-0.3, -0.25) is 4.79 Å². The Morgan fingerprint density at radius 2 is 1.68 bits per heavy atom. The van der Waals surface area contributed by atoms with Crippen molar-refractivity contribution in [2.75, 3.05) is 0 Å². The number of hydrogen-bond donors (Lipinski definition) is 1. The van der Waals surface area contributed by atoms with Gasteiger partial charge in [0.1, 0.15) is 0 Å². The minimum Gasteiger partial charge on any atom is -0.481 e. The van der Waals surface area contributed by atoms with Crippen LogP contribution in [0.25, 0.3) is 16.5 Å². The van der Waals surface area contributed by atoms with Gasteiger partial charge in [-0.2, -0.15) is 0 Å². The van der Waals surface area contributed by atoms with E-state index in [2.05, 4.69) is 36.4 Å². The van der Waals surface area contributed by atoms with Crippen LogP contribution in [0, 0.1) is 0 Å². The Balaban J connectivity index is 1.88. The van der Waals surface area contributed by atoms with Gasteiger partial charge in [0.25, 0.3) is 0 Å². The van der Waals surface area contributed by atoms with Gasteiger partial charge in [0.15, 0.2) is 0 Å². The molecule has 0 amide bonds. The molecule has 3 rings (SSSR count). The van der Waals surface area contributed by atoms with Crippen LogP contribution in [0.3, 0.4) is 0 Å². The van der Waals surface area contributed by atoms with Crippen LogP contribution in [0.4, 0.5) is 0 Å². The van der Waals surface area contributed by atoms with E-state index in [-0.39, 0.29) is 6.42 Å². The normalized spacial score (nSPS) is 11.6. The first-order valence-electron chi connectivity index (χ1n) is 8.57. The molecule has 1 N–H and O–H groups in total. The van der Waals surface area contributed by atoms with Crippen molar-refractivity contribution in [1.29, 1.82) is 0 Å². The molecule has 0 radical (unpaired) electrons. The van der Waals surface area contributed by atoms with Crippen LogP contribution in [-0.4, -0.2) is 16.1 Å². The molecule has 0 aliphatic heterocycles. The van der Waals surface area contributed by atoms with Crippen LogP contribution in [0.5, 0.6) is 0 Å². The molecule has 0 spiro atoms. The Hall–Kier alpha value is -2.94. The van der Waals surface area contributed by atoms with E-state index >= 15 is 0 Å². The number of fused-ring (bicyclic) bond motifs is 1. The molecular weight excluding hydrogens is 310 g/mol. The molecule has 3 heteroatoms. The number of nitrogens with zero attached hydrogens (tertiary/aromatic N) is 1. The Morgan fingerprint density at radius 1 is 0.920 bits per heavy atom. The number of aromatic nitrogens is 1. The summed E-state index contributed by atoms with van der Waals surface area (Å²) < 4.78 is 0. The van der Waals surface area contributed by atoms with Gasteiger partial charge >= 0.3 is 5.97 Å². The molecule has 3 nitrogen and oxygen atoms in total. The molecule has 0 saturated heterocycles. The summed E-state index contributed by atoms with van der Waals surface area (Å²) >= 11 is 0. The number of aliphatic carboxylic acids is 1. The largest absolute Gasteiger partial charge is 0.481 e. The second-order valence-corrected chi connectivity index (χ2v) is 6.01. The fourth-order valence-electron chi connectivity index (χ4n) is 2.87. The van der Waals surface area contributed by atoms with Crippen molar-refractivity contribution < 1.29 is 9.90 Å². The van der Waals surface area contributed by atoms with Crippen molar-refractivity contribution in [2.24, 2.45) is 0 Å². The second-order valence-electron chi connectivity index (χ2n) is 6.01. The summed E-state index contributed by atoms with van der Waals surface area (Å²) in [5.74, 6) is -0.733. The SMILES string of the molecule is O=C(O)CCCC/C=C(/c1ccccc1)c1ccc2ccccc2n1. The summed E-state index contributed by atoms with van der Waals surface area (Å²) in [4.78, 5) is 15.5. The zero-order valence-corrected chi connectivity index (χ0v) is 14.1. The molecular formula is C22H21NO2. The van der Waals surface area contributed by atoms with Crippen molar-refractivity contribution in [1.82, 2.24) is 4.98 Å². The molecule has 0 aliphatic carbocycles. The van der Waals surface area contributed by atoms with Gasteiger partial charge in [-0.15, -0.1) is 0 Å². The molecule has 0 bridgehead atoms. The van der Waals surface area contributed by atoms with Gasteiger partial charge in [-0.1, -0.05) is 60.7 Å². The number of hydrogen-bond acceptors (Lipinski definition) is 2. The lowest BCUT2D eigenvalue weighted by Crippen LogP contribution is -1.94. The maximum Gasteiger partial charge on any atom is 0.303 e. The Bertz CT molecular complexity index is 885. The van der Waals surface area contributed by atoms with Gasteiger partial charge < -0.3 is 5.11 Å². The van der Waals surface area contributed by atoms with Gasteiger partial charge in [0.05, 0.1) is 11.2 Å². The lowest BCUT2D eigenvalue weighted by Gasteiger charge is -2.09. The fraction of sp³-hybridized carbons (Fsp3) is 0.182. The van der Waals surface area contributed by atoms with Crippen LogP contribution in [-0.2, 0) is 4.79 Å². The Morgan fingerprint density at radius 3 is 2.48 bits per heavy atom. The number of allylic oxidation sites excluding steroid dienone is 1. The van der Waals surface area contributed by atoms with E-state index in [1.54, 1.807) is 0 Å². The highest BCUT2D eigenvalue weighted by Crippen LogP contribution is 2.25. The van der Waals surface area contributed by atoms with Gasteiger partial charge in [-0.25, -0.2) is 4.98 Å². The molecule has 126 valence electrons. The van der Waals surface area contributed by atoms with Crippen LogP contribution >= 0.6 is 0 Å². The van der Waals surface area contributed by atoms with Crippen LogP contribution in [0.15, 0.2) is 72.8 Å². The molecule has 0 atom stereocenters. The predicted octanol–water partition coefficient (Wildman–Crippen LogP) is 5.31. The average molecular weight is 331 g/mol. The summed E-state index contributed by atoms with van der Waals surface area (Å²) in [5.41, 5.74) is 4.15. The zero-order valence-electron chi connectivity index (χ0n) is 14.1. The van der Waals surface area contributed by atoms with E-state index < -0.39 is 5.97 Å². The predicted molar refractivity (Wildman–Crippen MR) is 101 cm³/mol. The zero-order chi connectivity index (χ0) is 17.5. The van der Waals surface area contributed by atoms with Crippen molar-refractivity contribution in [3.63, 3.8) is 0 Å². The highest BCUT2D eigenvalue weighted by molar-refractivity contribution is 5.84. The molecule has 25 heavy (non-hydrogen) atoms. The highest BCUT2D eigenvalue weighted by Gasteiger charge is 2.07. The Labute approximate surface area is 147 Å². The van der Waals surface area contributed by atoms with Crippen LogP contribution in [0.1, 0.15) is 36.9 Å². The first-order valence-corrected chi connectivity index (χ1v) is 8.57. The van der Waals surface area contributed by atoms with E-state index in [0.29, 0.717) is 6.42 Å². The maximum atomic E-state index is 10.6. The van der Waals surface area contributed by atoms with E-state index in [0.717, 1.165) is 40.6 Å².